The Morgan fingerprint density at radius 1 is 1.24 bits per heavy atom. The molecule has 1 aliphatic heterocycles. The van der Waals surface area contributed by atoms with Crippen molar-refractivity contribution in [2.75, 3.05) is 25.6 Å². The number of amides is 2. The van der Waals surface area contributed by atoms with E-state index in [1.807, 2.05) is 0 Å². The standard InChI is InChI=1S/C20H19N3O6/c1-22-16-5-3-12(9-13(16)10-19(22)25)18(24)7-8-21-20(26)15-11-14(29-2)4-6-17(15)23(27)28/h3-6,9,11H,7-8,10H2,1-2H3,(H,21,26). The van der Waals surface area contributed by atoms with E-state index in [9.17, 15) is 24.5 Å². The highest BCUT2D eigenvalue weighted by Crippen LogP contribution is 2.28. The van der Waals surface area contributed by atoms with Crippen molar-refractivity contribution in [2.24, 2.45) is 0 Å². The van der Waals surface area contributed by atoms with Gasteiger partial charge in [-0.25, -0.2) is 0 Å². The van der Waals surface area contributed by atoms with E-state index in [0.717, 1.165) is 11.3 Å². The summed E-state index contributed by atoms with van der Waals surface area (Å²) in [6, 6.07) is 8.93. The van der Waals surface area contributed by atoms with Gasteiger partial charge in [0.25, 0.3) is 11.6 Å². The van der Waals surface area contributed by atoms with E-state index >= 15 is 0 Å². The van der Waals surface area contributed by atoms with Crippen LogP contribution in [0.3, 0.4) is 0 Å². The molecule has 0 saturated carbocycles. The van der Waals surface area contributed by atoms with Crippen LogP contribution < -0.4 is 15.0 Å². The van der Waals surface area contributed by atoms with E-state index in [1.165, 1.54) is 25.3 Å². The van der Waals surface area contributed by atoms with Crippen LogP contribution in [0, 0.1) is 10.1 Å². The molecule has 1 N–H and O–H groups in total. The number of ketones is 1. The molecule has 0 bridgehead atoms. The predicted octanol–water partition coefficient (Wildman–Crippen LogP) is 2.13. The highest BCUT2D eigenvalue weighted by Gasteiger charge is 2.25. The van der Waals surface area contributed by atoms with Gasteiger partial charge >= 0.3 is 0 Å². The summed E-state index contributed by atoms with van der Waals surface area (Å²) in [6.07, 6.45) is 0.273. The molecule has 9 nitrogen and oxygen atoms in total. The molecule has 2 amide bonds. The molecule has 0 fully saturated rings. The molecule has 0 atom stereocenters. The Hall–Kier alpha value is -3.75. The lowest BCUT2D eigenvalue weighted by molar-refractivity contribution is -0.385. The molecule has 0 unspecified atom stereocenters. The van der Waals surface area contributed by atoms with E-state index in [0.29, 0.717) is 11.3 Å². The number of nitro groups is 1. The Balaban J connectivity index is 1.64. The molecule has 0 aliphatic carbocycles. The summed E-state index contributed by atoms with van der Waals surface area (Å²) in [5.74, 6) is -0.578. The molecule has 150 valence electrons. The molecule has 1 aliphatic rings. The van der Waals surface area contributed by atoms with Crippen LogP contribution in [0.2, 0.25) is 0 Å². The summed E-state index contributed by atoms with van der Waals surface area (Å²) in [7, 11) is 3.08. The highest BCUT2D eigenvalue weighted by molar-refractivity contribution is 6.03. The second-order valence-electron chi connectivity index (χ2n) is 6.54. The Morgan fingerprint density at radius 2 is 2.00 bits per heavy atom. The minimum atomic E-state index is -0.662. The van der Waals surface area contributed by atoms with Gasteiger partial charge < -0.3 is 15.0 Å². The van der Waals surface area contributed by atoms with E-state index in [1.54, 1.807) is 30.1 Å². The van der Waals surface area contributed by atoms with Crippen molar-refractivity contribution < 1.29 is 24.0 Å². The van der Waals surface area contributed by atoms with Crippen molar-refractivity contribution in [3.63, 3.8) is 0 Å². The topological polar surface area (TPSA) is 119 Å². The van der Waals surface area contributed by atoms with Crippen molar-refractivity contribution in [2.45, 2.75) is 12.8 Å². The van der Waals surface area contributed by atoms with Crippen LogP contribution in [0.15, 0.2) is 36.4 Å². The molecule has 3 rings (SSSR count). The Bertz CT molecular complexity index is 1020. The second kappa shape index (κ2) is 8.09. The molecule has 0 aromatic heterocycles. The summed E-state index contributed by atoms with van der Waals surface area (Å²) in [5.41, 5.74) is 1.54. The SMILES string of the molecule is COc1ccc([N+](=O)[O-])c(C(=O)NCCC(=O)c2ccc3c(c2)CC(=O)N3C)c1. The van der Waals surface area contributed by atoms with Gasteiger partial charge in [-0.1, -0.05) is 0 Å². The molecule has 9 heteroatoms. The number of carbonyl (C=O) groups excluding carboxylic acids is 3. The number of benzene rings is 2. The lowest BCUT2D eigenvalue weighted by Crippen LogP contribution is -2.26. The summed E-state index contributed by atoms with van der Waals surface area (Å²) in [4.78, 5) is 48.6. The van der Waals surface area contributed by atoms with Crippen LogP contribution in [0.1, 0.15) is 32.7 Å². The second-order valence-corrected chi connectivity index (χ2v) is 6.54. The van der Waals surface area contributed by atoms with Crippen molar-refractivity contribution in [1.29, 1.82) is 0 Å². The third kappa shape index (κ3) is 4.08. The fraction of sp³-hybridized carbons (Fsp3) is 0.250. The van der Waals surface area contributed by atoms with Crippen molar-refractivity contribution in [3.8, 4) is 5.75 Å². The molecular formula is C20H19N3O6. The first-order chi connectivity index (χ1) is 13.8. The summed E-state index contributed by atoms with van der Waals surface area (Å²) in [6.45, 7) is 0.0158. The number of anilines is 1. The maximum absolute atomic E-state index is 12.4. The highest BCUT2D eigenvalue weighted by atomic mass is 16.6. The molecular weight excluding hydrogens is 378 g/mol. The van der Waals surface area contributed by atoms with Crippen LogP contribution in [0.25, 0.3) is 0 Å². The maximum atomic E-state index is 12.4. The third-order valence-corrected chi connectivity index (χ3v) is 4.76. The monoisotopic (exact) mass is 397 g/mol. The van der Waals surface area contributed by atoms with E-state index in [4.69, 9.17) is 4.74 Å². The largest absolute Gasteiger partial charge is 0.497 e. The summed E-state index contributed by atoms with van der Waals surface area (Å²) in [5, 5.41) is 13.7. The quantitative estimate of drug-likeness (QED) is 0.434. The molecule has 0 radical (unpaired) electrons. The van der Waals surface area contributed by atoms with Crippen molar-refractivity contribution in [3.05, 3.63) is 63.2 Å². The van der Waals surface area contributed by atoms with Crippen LogP contribution in [0.4, 0.5) is 11.4 Å². The minimum absolute atomic E-state index is 0.0158. The number of fused-ring (bicyclic) bond motifs is 1. The first-order valence-electron chi connectivity index (χ1n) is 8.85. The number of rotatable bonds is 7. The number of methoxy groups -OCH3 is 1. The zero-order valence-electron chi connectivity index (χ0n) is 15.9. The number of hydrogen-bond donors (Lipinski definition) is 1. The normalized spacial score (nSPS) is 12.5. The van der Waals surface area contributed by atoms with E-state index in [-0.39, 0.29) is 42.3 Å². The molecule has 1 heterocycles. The number of carbonyl (C=O) groups is 3. The predicted molar refractivity (Wildman–Crippen MR) is 104 cm³/mol. The maximum Gasteiger partial charge on any atom is 0.282 e. The number of likely N-dealkylation sites (N-methyl/N-ethyl adjacent to an activating group) is 1. The fourth-order valence-corrected chi connectivity index (χ4v) is 3.16. The molecule has 0 spiro atoms. The van der Waals surface area contributed by atoms with E-state index in [2.05, 4.69) is 5.32 Å². The summed E-state index contributed by atoms with van der Waals surface area (Å²) >= 11 is 0. The minimum Gasteiger partial charge on any atom is -0.497 e. The number of Topliss-reactive ketones (excluding diaryl/α,β-unsaturated/α-hetero) is 1. The molecule has 2 aromatic carbocycles. The average molecular weight is 397 g/mol. The number of nitrogens with zero attached hydrogens (tertiary/aromatic N) is 2. The first kappa shape index (κ1) is 20.0. The van der Waals surface area contributed by atoms with Gasteiger partial charge in [0.15, 0.2) is 5.78 Å². The van der Waals surface area contributed by atoms with Crippen LogP contribution in [0.5, 0.6) is 5.75 Å². The van der Waals surface area contributed by atoms with Crippen LogP contribution >= 0.6 is 0 Å². The van der Waals surface area contributed by atoms with Gasteiger partial charge in [-0.3, -0.25) is 24.5 Å². The van der Waals surface area contributed by atoms with Gasteiger partial charge in [-0.05, 0) is 35.9 Å². The summed E-state index contributed by atoms with van der Waals surface area (Å²) < 4.78 is 5.01. The van der Waals surface area contributed by atoms with Gasteiger partial charge in [-0.15, -0.1) is 0 Å². The third-order valence-electron chi connectivity index (χ3n) is 4.76. The Kier molecular flexibility index (Phi) is 5.58. The van der Waals surface area contributed by atoms with E-state index < -0.39 is 10.8 Å². The first-order valence-corrected chi connectivity index (χ1v) is 8.85. The smallest absolute Gasteiger partial charge is 0.282 e. The Morgan fingerprint density at radius 3 is 2.69 bits per heavy atom. The van der Waals surface area contributed by atoms with Crippen LogP contribution in [-0.2, 0) is 11.2 Å². The zero-order chi connectivity index (χ0) is 21.1. The lowest BCUT2D eigenvalue weighted by atomic mass is 10.0. The van der Waals surface area contributed by atoms with Crippen molar-refractivity contribution in [1.82, 2.24) is 5.32 Å². The molecule has 0 saturated heterocycles. The Labute approximate surface area is 166 Å². The van der Waals surface area contributed by atoms with Gasteiger partial charge in [-0.2, -0.15) is 0 Å². The van der Waals surface area contributed by atoms with Gasteiger partial charge in [0.1, 0.15) is 11.3 Å². The van der Waals surface area contributed by atoms with Crippen molar-refractivity contribution >= 4 is 29.0 Å². The van der Waals surface area contributed by atoms with Gasteiger partial charge in [0, 0.05) is 37.3 Å². The van der Waals surface area contributed by atoms with Gasteiger partial charge in [0.05, 0.1) is 18.5 Å². The number of nitro benzene ring substituents is 1. The number of nitrogens with one attached hydrogen (secondary N) is 1. The molecule has 2 aromatic rings. The lowest BCUT2D eigenvalue weighted by Gasteiger charge is -2.10. The van der Waals surface area contributed by atoms with Crippen LogP contribution in [-0.4, -0.2) is 43.2 Å². The fourth-order valence-electron chi connectivity index (χ4n) is 3.16. The van der Waals surface area contributed by atoms with Gasteiger partial charge in [0.2, 0.25) is 5.91 Å². The number of hydrogen-bond acceptors (Lipinski definition) is 6. The number of ether oxygens (including phenoxy) is 1. The molecule has 29 heavy (non-hydrogen) atoms. The average Bonchev–Trinajstić information content (AvgIpc) is 3.00. The zero-order valence-corrected chi connectivity index (χ0v) is 15.9.